The van der Waals surface area contributed by atoms with Gasteiger partial charge >= 0.3 is 0 Å². The van der Waals surface area contributed by atoms with Crippen molar-refractivity contribution in [2.45, 2.75) is 32.3 Å². The van der Waals surface area contributed by atoms with Crippen molar-refractivity contribution in [3.05, 3.63) is 24.4 Å². The fourth-order valence-corrected chi connectivity index (χ4v) is 2.75. The maximum Gasteiger partial charge on any atom is 0.120 e. The third-order valence-corrected chi connectivity index (χ3v) is 3.93. The number of rotatable bonds is 3. The number of aromatic nitrogens is 2. The lowest BCUT2D eigenvalue weighted by Gasteiger charge is -2.18. The van der Waals surface area contributed by atoms with Crippen LogP contribution in [0.1, 0.15) is 26.2 Å². The molecule has 2 aromatic rings. The van der Waals surface area contributed by atoms with Gasteiger partial charge in [-0.15, -0.1) is 0 Å². The number of hydrogen-bond acceptors (Lipinski definition) is 3. The number of aromatic amines is 1. The van der Waals surface area contributed by atoms with E-state index in [1.165, 1.54) is 13.0 Å². The van der Waals surface area contributed by atoms with Gasteiger partial charge in [0.05, 0.1) is 17.8 Å². The van der Waals surface area contributed by atoms with E-state index in [1.54, 1.807) is 0 Å². The van der Waals surface area contributed by atoms with Crippen LogP contribution >= 0.6 is 0 Å². The van der Waals surface area contributed by atoms with E-state index in [0.29, 0.717) is 6.10 Å². The van der Waals surface area contributed by atoms with Gasteiger partial charge in [0, 0.05) is 11.9 Å². The molecule has 1 aliphatic heterocycles. The van der Waals surface area contributed by atoms with Crippen LogP contribution in [-0.4, -0.2) is 40.8 Å². The van der Waals surface area contributed by atoms with Crippen molar-refractivity contribution >= 4 is 10.9 Å². The van der Waals surface area contributed by atoms with Crippen molar-refractivity contribution in [2.75, 3.05) is 19.6 Å². The molecule has 1 atom stereocenters. The van der Waals surface area contributed by atoms with E-state index in [0.717, 1.165) is 42.6 Å². The molecule has 4 heteroatoms. The molecule has 1 unspecified atom stereocenters. The molecular weight excluding hydrogens is 238 g/mol. The van der Waals surface area contributed by atoms with Crippen LogP contribution in [0.3, 0.4) is 0 Å². The highest BCUT2D eigenvalue weighted by Gasteiger charge is 2.17. The fourth-order valence-electron chi connectivity index (χ4n) is 2.75. The Morgan fingerprint density at radius 1 is 1.37 bits per heavy atom. The quantitative estimate of drug-likeness (QED) is 0.921. The highest BCUT2D eigenvalue weighted by Crippen LogP contribution is 2.22. The summed E-state index contributed by atoms with van der Waals surface area (Å²) < 4.78 is 6.14. The largest absolute Gasteiger partial charge is 0.490 e. The van der Waals surface area contributed by atoms with Crippen LogP contribution in [0.15, 0.2) is 24.4 Å². The van der Waals surface area contributed by atoms with Crippen LogP contribution in [0.2, 0.25) is 0 Å². The summed E-state index contributed by atoms with van der Waals surface area (Å²) in [6.45, 7) is 5.73. The Kier molecular flexibility index (Phi) is 3.69. The molecule has 1 aliphatic rings. The number of likely N-dealkylation sites (tertiary alicyclic amines) is 1. The summed E-state index contributed by atoms with van der Waals surface area (Å²) in [5.74, 6) is 0.962. The molecule has 102 valence electrons. The Balaban J connectivity index is 1.66. The summed E-state index contributed by atoms with van der Waals surface area (Å²) in [7, 11) is 0. The molecule has 1 fully saturated rings. The highest BCUT2D eigenvalue weighted by atomic mass is 16.5. The van der Waals surface area contributed by atoms with Gasteiger partial charge in [-0.05, 0) is 50.6 Å². The maximum absolute atomic E-state index is 6.14. The first kappa shape index (κ1) is 12.5. The van der Waals surface area contributed by atoms with Crippen molar-refractivity contribution in [1.82, 2.24) is 15.1 Å². The second-order valence-electron chi connectivity index (χ2n) is 5.22. The van der Waals surface area contributed by atoms with Crippen LogP contribution in [-0.2, 0) is 0 Å². The molecule has 0 bridgehead atoms. The summed E-state index contributed by atoms with van der Waals surface area (Å²) in [6, 6.07) is 6.14. The van der Waals surface area contributed by atoms with Gasteiger partial charge in [0.1, 0.15) is 5.75 Å². The molecule has 0 saturated carbocycles. The average molecular weight is 259 g/mol. The Morgan fingerprint density at radius 2 is 2.32 bits per heavy atom. The predicted molar refractivity (Wildman–Crippen MR) is 76.5 cm³/mol. The summed E-state index contributed by atoms with van der Waals surface area (Å²) in [6.07, 6.45) is 5.69. The minimum atomic E-state index is 0.348. The van der Waals surface area contributed by atoms with Crippen molar-refractivity contribution < 1.29 is 4.74 Å². The van der Waals surface area contributed by atoms with Gasteiger partial charge in [0.15, 0.2) is 0 Å². The third kappa shape index (κ3) is 2.89. The maximum atomic E-state index is 6.14. The average Bonchev–Trinajstić information content (AvgIpc) is 2.77. The normalized spacial score (nSPS) is 21.4. The number of ether oxygens (including phenoxy) is 1. The van der Waals surface area contributed by atoms with Gasteiger partial charge in [-0.2, -0.15) is 5.10 Å². The van der Waals surface area contributed by atoms with E-state index in [9.17, 15) is 0 Å². The van der Waals surface area contributed by atoms with E-state index >= 15 is 0 Å². The molecule has 0 spiro atoms. The molecule has 2 heterocycles. The fraction of sp³-hybridized carbons (Fsp3) is 0.533. The van der Waals surface area contributed by atoms with Crippen molar-refractivity contribution in [3.8, 4) is 5.75 Å². The van der Waals surface area contributed by atoms with Gasteiger partial charge in [0.2, 0.25) is 0 Å². The van der Waals surface area contributed by atoms with Crippen LogP contribution in [0.4, 0.5) is 0 Å². The zero-order chi connectivity index (χ0) is 13.1. The first-order valence-corrected chi connectivity index (χ1v) is 7.17. The summed E-state index contributed by atoms with van der Waals surface area (Å²) in [5, 5.41) is 8.11. The zero-order valence-corrected chi connectivity index (χ0v) is 11.4. The van der Waals surface area contributed by atoms with E-state index in [1.807, 2.05) is 18.3 Å². The van der Waals surface area contributed by atoms with Gasteiger partial charge < -0.3 is 9.64 Å². The van der Waals surface area contributed by atoms with E-state index < -0.39 is 0 Å². The number of H-pyrrole nitrogens is 1. The van der Waals surface area contributed by atoms with Crippen LogP contribution in [0, 0.1) is 0 Å². The molecule has 19 heavy (non-hydrogen) atoms. The monoisotopic (exact) mass is 259 g/mol. The number of nitrogens with one attached hydrogen (secondary N) is 1. The lowest BCUT2D eigenvalue weighted by Crippen LogP contribution is -2.25. The molecule has 1 aromatic heterocycles. The molecule has 0 amide bonds. The summed E-state index contributed by atoms with van der Waals surface area (Å²) in [4.78, 5) is 2.50. The Labute approximate surface area is 113 Å². The molecule has 1 aromatic carbocycles. The summed E-state index contributed by atoms with van der Waals surface area (Å²) in [5.41, 5.74) is 1.06. The van der Waals surface area contributed by atoms with Gasteiger partial charge in [0.25, 0.3) is 0 Å². The minimum absolute atomic E-state index is 0.348. The molecule has 0 radical (unpaired) electrons. The van der Waals surface area contributed by atoms with Crippen LogP contribution in [0.5, 0.6) is 5.75 Å². The molecule has 0 aliphatic carbocycles. The molecular formula is C15H21N3O. The van der Waals surface area contributed by atoms with Crippen molar-refractivity contribution in [1.29, 1.82) is 0 Å². The zero-order valence-electron chi connectivity index (χ0n) is 11.4. The lowest BCUT2D eigenvalue weighted by atomic mass is 10.1. The van der Waals surface area contributed by atoms with Crippen LogP contribution in [0.25, 0.3) is 10.9 Å². The topological polar surface area (TPSA) is 41.1 Å². The number of benzene rings is 1. The number of fused-ring (bicyclic) bond motifs is 1. The van der Waals surface area contributed by atoms with E-state index in [-0.39, 0.29) is 0 Å². The highest BCUT2D eigenvalue weighted by molar-refractivity contribution is 5.79. The third-order valence-electron chi connectivity index (χ3n) is 3.93. The summed E-state index contributed by atoms with van der Waals surface area (Å²) >= 11 is 0. The van der Waals surface area contributed by atoms with Crippen molar-refractivity contribution in [3.63, 3.8) is 0 Å². The second-order valence-corrected chi connectivity index (χ2v) is 5.22. The standard InChI is InChI=1S/C15H21N3O/c1-2-18-8-3-4-13(7-9-18)19-14-5-6-15-12(10-14)11-16-17-15/h5-6,10-11,13H,2-4,7-9H2,1H3,(H,16,17). The molecule has 4 nitrogen and oxygen atoms in total. The van der Waals surface area contributed by atoms with Gasteiger partial charge in [-0.1, -0.05) is 6.92 Å². The minimum Gasteiger partial charge on any atom is -0.490 e. The SMILES string of the molecule is CCN1CCCC(Oc2ccc3[nH]ncc3c2)CC1. The Hall–Kier alpha value is -1.55. The van der Waals surface area contributed by atoms with Gasteiger partial charge in [-0.3, -0.25) is 5.10 Å². The first-order valence-electron chi connectivity index (χ1n) is 7.17. The Morgan fingerprint density at radius 3 is 3.21 bits per heavy atom. The van der Waals surface area contributed by atoms with Gasteiger partial charge in [-0.25, -0.2) is 0 Å². The number of hydrogen-bond donors (Lipinski definition) is 1. The molecule has 1 N–H and O–H groups in total. The van der Waals surface area contributed by atoms with E-state index in [4.69, 9.17) is 4.74 Å². The van der Waals surface area contributed by atoms with Crippen LogP contribution < -0.4 is 4.74 Å². The molecule has 3 rings (SSSR count). The predicted octanol–water partition coefficient (Wildman–Crippen LogP) is 2.82. The second kappa shape index (κ2) is 5.61. The molecule has 1 saturated heterocycles. The smallest absolute Gasteiger partial charge is 0.120 e. The van der Waals surface area contributed by atoms with Crippen molar-refractivity contribution in [2.24, 2.45) is 0 Å². The Bertz CT molecular complexity index is 537. The first-order chi connectivity index (χ1) is 9.35. The lowest BCUT2D eigenvalue weighted by molar-refractivity contribution is 0.181. The number of nitrogens with zero attached hydrogens (tertiary/aromatic N) is 2. The van der Waals surface area contributed by atoms with E-state index in [2.05, 4.69) is 28.1 Å².